The van der Waals surface area contributed by atoms with Crippen LogP contribution in [0.15, 0.2) is 18.2 Å². The molecule has 0 heterocycles. The molecule has 1 N–H and O–H groups in total. The predicted molar refractivity (Wildman–Crippen MR) is 59.6 cm³/mol. The van der Waals surface area contributed by atoms with E-state index in [4.69, 9.17) is 16.4 Å². The molecule has 0 saturated carbocycles. The molecule has 0 aliphatic heterocycles. The number of anilines is 1. The summed E-state index contributed by atoms with van der Waals surface area (Å²) in [6.07, 6.45) is 5.27. The van der Waals surface area contributed by atoms with E-state index in [1.54, 1.807) is 25.3 Å². The molecule has 0 saturated heterocycles. The maximum Gasteiger partial charge on any atom is 0.143 e. The van der Waals surface area contributed by atoms with E-state index in [-0.39, 0.29) is 6.04 Å². The van der Waals surface area contributed by atoms with E-state index in [2.05, 4.69) is 17.3 Å². The lowest BCUT2D eigenvalue weighted by molar-refractivity contribution is 0.416. The van der Waals surface area contributed by atoms with Crippen molar-refractivity contribution in [2.75, 3.05) is 12.4 Å². The van der Waals surface area contributed by atoms with E-state index < -0.39 is 0 Å². The third kappa shape index (κ3) is 2.42. The zero-order valence-electron chi connectivity index (χ0n) is 8.74. The summed E-state index contributed by atoms with van der Waals surface area (Å²) in [5, 5.41) is 12.0. The summed E-state index contributed by atoms with van der Waals surface area (Å²) >= 11 is 0. The van der Waals surface area contributed by atoms with Crippen LogP contribution in [0.5, 0.6) is 5.75 Å². The van der Waals surface area contributed by atoms with Gasteiger partial charge in [-0.3, -0.25) is 0 Å². The molecule has 0 aliphatic rings. The Kier molecular flexibility index (Phi) is 3.60. The fourth-order valence-electron chi connectivity index (χ4n) is 1.20. The quantitative estimate of drug-likeness (QED) is 0.759. The Morgan fingerprint density at radius 2 is 2.27 bits per heavy atom. The van der Waals surface area contributed by atoms with Gasteiger partial charge in [0.05, 0.1) is 24.4 Å². The van der Waals surface area contributed by atoms with Gasteiger partial charge in [0.2, 0.25) is 0 Å². The Morgan fingerprint density at radius 3 is 2.80 bits per heavy atom. The van der Waals surface area contributed by atoms with E-state index in [1.807, 2.05) is 6.92 Å². The van der Waals surface area contributed by atoms with Crippen LogP contribution < -0.4 is 10.1 Å². The second-order valence-electron chi connectivity index (χ2n) is 3.03. The normalized spacial score (nSPS) is 10.9. The van der Waals surface area contributed by atoms with Crippen molar-refractivity contribution in [3.8, 4) is 24.2 Å². The number of nitrogens with one attached hydrogen (secondary N) is 1. The van der Waals surface area contributed by atoms with Crippen molar-refractivity contribution in [1.29, 1.82) is 5.26 Å². The summed E-state index contributed by atoms with van der Waals surface area (Å²) in [7, 11) is 1.56. The van der Waals surface area contributed by atoms with Crippen LogP contribution in [0, 0.1) is 23.7 Å². The van der Waals surface area contributed by atoms with Crippen LogP contribution in [0.3, 0.4) is 0 Å². The van der Waals surface area contributed by atoms with Crippen LogP contribution >= 0.6 is 0 Å². The van der Waals surface area contributed by atoms with Crippen molar-refractivity contribution >= 4 is 5.69 Å². The highest BCUT2D eigenvalue weighted by molar-refractivity contribution is 5.67. The molecule has 0 fully saturated rings. The van der Waals surface area contributed by atoms with E-state index in [9.17, 15) is 0 Å². The lowest BCUT2D eigenvalue weighted by atomic mass is 10.1. The molecule has 3 nitrogen and oxygen atoms in total. The summed E-state index contributed by atoms with van der Waals surface area (Å²) in [4.78, 5) is 0. The molecule has 1 atom stereocenters. The molecule has 0 aromatic heterocycles. The highest BCUT2D eigenvalue weighted by Gasteiger charge is 2.09. The van der Waals surface area contributed by atoms with Crippen LogP contribution in [0.4, 0.5) is 5.69 Å². The van der Waals surface area contributed by atoms with Gasteiger partial charge in [-0.1, -0.05) is 12.0 Å². The van der Waals surface area contributed by atoms with Gasteiger partial charge in [-0.05, 0) is 19.1 Å². The molecule has 0 bridgehead atoms. The molecule has 0 amide bonds. The molecule has 15 heavy (non-hydrogen) atoms. The van der Waals surface area contributed by atoms with Crippen molar-refractivity contribution < 1.29 is 4.74 Å². The average molecular weight is 200 g/mol. The van der Waals surface area contributed by atoms with E-state index >= 15 is 0 Å². The van der Waals surface area contributed by atoms with Gasteiger partial charge in [0.1, 0.15) is 11.8 Å². The summed E-state index contributed by atoms with van der Waals surface area (Å²) in [5.74, 6) is 3.16. The first-order valence-electron chi connectivity index (χ1n) is 4.52. The lowest BCUT2D eigenvalue weighted by Crippen LogP contribution is -2.13. The molecule has 1 aromatic rings. The number of ether oxygens (including phenoxy) is 1. The summed E-state index contributed by atoms with van der Waals surface area (Å²) in [5.41, 5.74) is 1.17. The highest BCUT2D eigenvalue weighted by Crippen LogP contribution is 2.28. The molecular weight excluding hydrogens is 188 g/mol. The summed E-state index contributed by atoms with van der Waals surface area (Å²) in [6.45, 7) is 1.84. The highest BCUT2D eigenvalue weighted by atomic mass is 16.5. The Morgan fingerprint density at radius 1 is 1.53 bits per heavy atom. The van der Waals surface area contributed by atoms with Gasteiger partial charge in [-0.25, -0.2) is 0 Å². The third-order valence-corrected chi connectivity index (χ3v) is 1.98. The van der Waals surface area contributed by atoms with Crippen molar-refractivity contribution in [1.82, 2.24) is 0 Å². The molecule has 1 aromatic carbocycles. The number of nitriles is 1. The van der Waals surface area contributed by atoms with Gasteiger partial charge in [-0.15, -0.1) is 6.42 Å². The lowest BCUT2D eigenvalue weighted by Gasteiger charge is -2.14. The number of terminal acetylenes is 1. The van der Waals surface area contributed by atoms with E-state index in [0.717, 1.165) is 0 Å². The molecule has 1 rings (SSSR count). The van der Waals surface area contributed by atoms with Crippen LogP contribution in [-0.2, 0) is 0 Å². The fraction of sp³-hybridized carbons (Fsp3) is 0.250. The number of hydrogen-bond acceptors (Lipinski definition) is 3. The number of para-hydroxylation sites is 1. The van der Waals surface area contributed by atoms with E-state index in [0.29, 0.717) is 17.0 Å². The van der Waals surface area contributed by atoms with Gasteiger partial charge in [-0.2, -0.15) is 5.26 Å². The van der Waals surface area contributed by atoms with Gasteiger partial charge in [0, 0.05) is 0 Å². The Labute approximate surface area is 89.7 Å². The Hall–Kier alpha value is -2.13. The first-order valence-corrected chi connectivity index (χ1v) is 4.52. The zero-order valence-corrected chi connectivity index (χ0v) is 8.74. The number of nitrogens with zero attached hydrogens (tertiary/aromatic N) is 1. The number of methoxy groups -OCH3 is 1. The third-order valence-electron chi connectivity index (χ3n) is 1.98. The largest absolute Gasteiger partial charge is 0.495 e. The van der Waals surface area contributed by atoms with E-state index in [1.165, 1.54) is 0 Å². The smallest absolute Gasteiger partial charge is 0.143 e. The molecule has 1 unspecified atom stereocenters. The molecule has 0 radical (unpaired) electrons. The molecular formula is C12H12N2O. The molecule has 3 heteroatoms. The molecule has 76 valence electrons. The molecule has 0 aliphatic carbocycles. The standard InChI is InChI=1S/C12H12N2O/c1-4-9(2)14-12-10(8-13)6-5-7-11(12)15-3/h1,5-7,9,14H,2-3H3. The predicted octanol–water partition coefficient (Wildman–Crippen LogP) is 2.00. The first-order chi connectivity index (χ1) is 7.22. The summed E-state index contributed by atoms with van der Waals surface area (Å²) < 4.78 is 5.15. The maximum atomic E-state index is 8.93. The van der Waals surface area contributed by atoms with Crippen LogP contribution in [0.1, 0.15) is 12.5 Å². The minimum Gasteiger partial charge on any atom is -0.495 e. The van der Waals surface area contributed by atoms with Crippen LogP contribution in [0.2, 0.25) is 0 Å². The van der Waals surface area contributed by atoms with Crippen LogP contribution in [-0.4, -0.2) is 13.2 Å². The number of benzene rings is 1. The van der Waals surface area contributed by atoms with Gasteiger partial charge >= 0.3 is 0 Å². The zero-order chi connectivity index (χ0) is 11.3. The Bertz CT molecular complexity index is 426. The fourth-order valence-corrected chi connectivity index (χ4v) is 1.20. The topological polar surface area (TPSA) is 45.0 Å². The second kappa shape index (κ2) is 4.93. The van der Waals surface area contributed by atoms with Gasteiger partial charge in [0.25, 0.3) is 0 Å². The monoisotopic (exact) mass is 200 g/mol. The van der Waals surface area contributed by atoms with Crippen molar-refractivity contribution in [2.45, 2.75) is 13.0 Å². The SMILES string of the molecule is C#CC(C)Nc1c(C#N)cccc1OC. The second-order valence-corrected chi connectivity index (χ2v) is 3.03. The van der Waals surface area contributed by atoms with Gasteiger partial charge in [0.15, 0.2) is 0 Å². The van der Waals surface area contributed by atoms with Crippen molar-refractivity contribution in [3.05, 3.63) is 23.8 Å². The average Bonchev–Trinajstić information content (AvgIpc) is 2.29. The maximum absolute atomic E-state index is 8.93. The van der Waals surface area contributed by atoms with Gasteiger partial charge < -0.3 is 10.1 Å². The minimum atomic E-state index is -0.145. The van der Waals surface area contributed by atoms with Crippen LogP contribution in [0.25, 0.3) is 0 Å². The minimum absolute atomic E-state index is 0.145. The molecule has 0 spiro atoms. The number of hydrogen-bond donors (Lipinski definition) is 1. The van der Waals surface area contributed by atoms with Crippen molar-refractivity contribution in [3.63, 3.8) is 0 Å². The summed E-state index contributed by atoms with van der Waals surface area (Å²) in [6, 6.07) is 7.21. The van der Waals surface area contributed by atoms with Crippen molar-refractivity contribution in [2.24, 2.45) is 0 Å². The number of rotatable bonds is 3. The first kappa shape index (κ1) is 10.9. The Balaban J connectivity index is 3.13.